The van der Waals surface area contributed by atoms with E-state index in [1.165, 1.54) is 7.11 Å². The van der Waals surface area contributed by atoms with E-state index in [2.05, 4.69) is 4.74 Å². The van der Waals surface area contributed by atoms with Crippen molar-refractivity contribution in [2.75, 3.05) is 13.7 Å². The minimum atomic E-state index is -0.376. The van der Waals surface area contributed by atoms with Gasteiger partial charge in [0.1, 0.15) is 14.0 Å². The minimum absolute atomic E-state index is 0.0990. The van der Waals surface area contributed by atoms with Gasteiger partial charge in [-0.15, -0.1) is 0 Å². The Morgan fingerprint density at radius 3 is 2.86 bits per heavy atom. The third-order valence-electron chi connectivity index (χ3n) is 2.10. The maximum absolute atomic E-state index is 11.2. The van der Waals surface area contributed by atoms with Crippen LogP contribution in [0.1, 0.15) is 22.0 Å². The molecule has 1 fully saturated rings. The van der Waals surface area contributed by atoms with Gasteiger partial charge in [0, 0.05) is 0 Å². The zero-order valence-corrected chi connectivity index (χ0v) is 7.82. The van der Waals surface area contributed by atoms with Crippen molar-refractivity contribution in [2.24, 2.45) is 0 Å². The second kappa shape index (κ2) is 3.46. The number of carbonyl (C=O) groups is 1. The molecule has 0 aliphatic carbocycles. The molecule has 2 radical (unpaired) electrons. The summed E-state index contributed by atoms with van der Waals surface area (Å²) in [5.41, 5.74) is 1.96. The average Bonchev–Trinajstić information content (AvgIpc) is 2.98. The molecule has 0 aromatic heterocycles. The molecule has 3 nitrogen and oxygen atoms in total. The molecule has 14 heavy (non-hydrogen) atoms. The van der Waals surface area contributed by atoms with Gasteiger partial charge in [-0.1, -0.05) is 17.6 Å². The van der Waals surface area contributed by atoms with Gasteiger partial charge in [-0.25, -0.2) is 4.79 Å². The summed E-state index contributed by atoms with van der Waals surface area (Å²) in [5, 5.41) is 0. The molecule has 70 valence electrons. The Balaban J connectivity index is 2.35. The fourth-order valence-electron chi connectivity index (χ4n) is 1.34. The molecule has 1 aliphatic rings. The standard InChI is InChI=1S/C10H9BO3/c1-13-10(12)7-2-6(9-5-14-9)3-8(11)4-7/h2-4,9H,5H2,1H3. The molecule has 1 aromatic carbocycles. The van der Waals surface area contributed by atoms with E-state index < -0.39 is 0 Å². The Labute approximate surface area is 83.4 Å². The first-order chi connectivity index (χ1) is 6.70. The predicted molar refractivity (Wildman–Crippen MR) is 51.9 cm³/mol. The van der Waals surface area contributed by atoms with Crippen LogP contribution in [0.2, 0.25) is 0 Å². The van der Waals surface area contributed by atoms with E-state index in [1.54, 1.807) is 12.1 Å². The molecular formula is C10H9BO3. The number of methoxy groups -OCH3 is 1. The van der Waals surface area contributed by atoms with E-state index in [1.807, 2.05) is 6.07 Å². The number of ether oxygens (including phenoxy) is 2. The van der Waals surface area contributed by atoms with Crippen LogP contribution in [0.25, 0.3) is 0 Å². The monoisotopic (exact) mass is 188 g/mol. The first-order valence-corrected chi connectivity index (χ1v) is 4.31. The van der Waals surface area contributed by atoms with E-state index in [-0.39, 0.29) is 12.1 Å². The molecule has 0 bridgehead atoms. The molecule has 1 unspecified atom stereocenters. The second-order valence-corrected chi connectivity index (χ2v) is 3.20. The largest absolute Gasteiger partial charge is 0.465 e. The van der Waals surface area contributed by atoms with Crippen molar-refractivity contribution in [3.05, 3.63) is 29.3 Å². The van der Waals surface area contributed by atoms with Gasteiger partial charge in [-0.2, -0.15) is 0 Å². The van der Waals surface area contributed by atoms with Crippen molar-refractivity contribution in [1.82, 2.24) is 0 Å². The fraction of sp³-hybridized carbons (Fsp3) is 0.300. The molecule has 0 saturated carbocycles. The Kier molecular flexibility index (Phi) is 2.29. The number of benzene rings is 1. The smallest absolute Gasteiger partial charge is 0.337 e. The SMILES string of the molecule is [B]c1cc(C(=O)OC)cc(C2CO2)c1. The van der Waals surface area contributed by atoms with Crippen LogP contribution in [0.4, 0.5) is 0 Å². The summed E-state index contributed by atoms with van der Waals surface area (Å²) in [6, 6.07) is 5.15. The molecule has 4 heteroatoms. The number of esters is 1. The summed E-state index contributed by atoms with van der Waals surface area (Å²) < 4.78 is 9.72. The Hall–Kier alpha value is -1.29. The molecule has 0 N–H and O–H groups in total. The van der Waals surface area contributed by atoms with Gasteiger partial charge in [0.15, 0.2) is 0 Å². The molecule has 1 heterocycles. The number of hydrogen-bond donors (Lipinski definition) is 0. The molecule has 1 saturated heterocycles. The highest BCUT2D eigenvalue weighted by Crippen LogP contribution is 2.29. The first-order valence-electron chi connectivity index (χ1n) is 4.31. The lowest BCUT2D eigenvalue weighted by Crippen LogP contribution is -2.10. The van der Waals surface area contributed by atoms with E-state index in [0.29, 0.717) is 17.6 Å². The van der Waals surface area contributed by atoms with Crippen molar-refractivity contribution in [3.63, 3.8) is 0 Å². The summed E-state index contributed by atoms with van der Waals surface area (Å²) in [5.74, 6) is -0.376. The first kappa shape index (κ1) is 9.28. The molecule has 1 aromatic rings. The maximum Gasteiger partial charge on any atom is 0.337 e. The van der Waals surface area contributed by atoms with Crippen LogP contribution in [-0.2, 0) is 9.47 Å². The quantitative estimate of drug-likeness (QED) is 0.381. The Morgan fingerprint density at radius 2 is 2.29 bits per heavy atom. The van der Waals surface area contributed by atoms with E-state index >= 15 is 0 Å². The average molecular weight is 188 g/mol. The van der Waals surface area contributed by atoms with Gasteiger partial charge in [0.05, 0.1) is 19.3 Å². The number of carbonyl (C=O) groups excluding carboxylic acids is 1. The van der Waals surface area contributed by atoms with Crippen molar-refractivity contribution >= 4 is 19.3 Å². The van der Waals surface area contributed by atoms with Crippen molar-refractivity contribution in [1.29, 1.82) is 0 Å². The van der Waals surface area contributed by atoms with Gasteiger partial charge < -0.3 is 9.47 Å². The lowest BCUT2D eigenvalue weighted by atomic mass is 9.91. The summed E-state index contributed by atoms with van der Waals surface area (Å²) in [6.07, 6.45) is 0.0990. The summed E-state index contributed by atoms with van der Waals surface area (Å²) in [7, 11) is 7.00. The van der Waals surface area contributed by atoms with Gasteiger partial charge in [0.2, 0.25) is 0 Å². The van der Waals surface area contributed by atoms with Crippen LogP contribution in [0.5, 0.6) is 0 Å². The lowest BCUT2D eigenvalue weighted by Gasteiger charge is -2.04. The molecular weight excluding hydrogens is 179 g/mol. The number of rotatable bonds is 2. The van der Waals surface area contributed by atoms with Crippen LogP contribution in [0, 0.1) is 0 Å². The fourth-order valence-corrected chi connectivity index (χ4v) is 1.34. The van der Waals surface area contributed by atoms with E-state index in [9.17, 15) is 4.79 Å². The topological polar surface area (TPSA) is 38.8 Å². The van der Waals surface area contributed by atoms with Crippen LogP contribution in [0.3, 0.4) is 0 Å². The molecule has 0 amide bonds. The van der Waals surface area contributed by atoms with Crippen LogP contribution < -0.4 is 5.46 Å². The molecule has 1 atom stereocenters. The van der Waals surface area contributed by atoms with E-state index in [0.717, 1.165) is 5.56 Å². The van der Waals surface area contributed by atoms with Gasteiger partial charge in [0.25, 0.3) is 0 Å². The zero-order chi connectivity index (χ0) is 10.1. The minimum Gasteiger partial charge on any atom is -0.465 e. The van der Waals surface area contributed by atoms with Gasteiger partial charge in [-0.3, -0.25) is 0 Å². The Bertz CT molecular complexity index is 372. The molecule has 2 rings (SSSR count). The highest BCUT2D eigenvalue weighted by molar-refractivity contribution is 6.32. The second-order valence-electron chi connectivity index (χ2n) is 3.20. The van der Waals surface area contributed by atoms with Crippen molar-refractivity contribution < 1.29 is 14.3 Å². The Morgan fingerprint density at radius 1 is 1.57 bits per heavy atom. The summed E-state index contributed by atoms with van der Waals surface area (Å²) in [4.78, 5) is 11.2. The predicted octanol–water partition coefficient (Wildman–Crippen LogP) is 0.338. The normalized spacial score (nSPS) is 19.1. The van der Waals surface area contributed by atoms with Crippen molar-refractivity contribution in [2.45, 2.75) is 6.10 Å². The van der Waals surface area contributed by atoms with Crippen LogP contribution in [0.15, 0.2) is 18.2 Å². The van der Waals surface area contributed by atoms with Crippen LogP contribution >= 0.6 is 0 Å². The number of hydrogen-bond acceptors (Lipinski definition) is 3. The third kappa shape index (κ3) is 1.80. The zero-order valence-electron chi connectivity index (χ0n) is 7.82. The highest BCUT2D eigenvalue weighted by Gasteiger charge is 2.25. The lowest BCUT2D eigenvalue weighted by molar-refractivity contribution is 0.0600. The number of epoxide rings is 1. The molecule has 1 aliphatic heterocycles. The van der Waals surface area contributed by atoms with Crippen LogP contribution in [-0.4, -0.2) is 27.5 Å². The summed E-state index contributed by atoms with van der Waals surface area (Å²) >= 11 is 0. The van der Waals surface area contributed by atoms with Gasteiger partial charge in [-0.05, 0) is 11.6 Å². The van der Waals surface area contributed by atoms with E-state index in [4.69, 9.17) is 12.6 Å². The third-order valence-corrected chi connectivity index (χ3v) is 2.10. The highest BCUT2D eigenvalue weighted by atomic mass is 16.6. The maximum atomic E-state index is 11.2. The summed E-state index contributed by atoms with van der Waals surface area (Å²) in [6.45, 7) is 0.698. The molecule has 0 spiro atoms. The van der Waals surface area contributed by atoms with Gasteiger partial charge >= 0.3 is 5.97 Å². The van der Waals surface area contributed by atoms with Crippen molar-refractivity contribution in [3.8, 4) is 0 Å².